The zero-order valence-corrected chi connectivity index (χ0v) is 28.0. The molecule has 0 unspecified atom stereocenters. The molecule has 7 aromatic rings. The van der Waals surface area contributed by atoms with Crippen LogP contribution in [0, 0.1) is 0 Å². The van der Waals surface area contributed by atoms with E-state index in [2.05, 4.69) is 146 Å². The number of pyridine rings is 1. The molecule has 0 fully saturated rings. The molecule has 0 N–H and O–H groups in total. The fourth-order valence-electron chi connectivity index (χ4n) is 6.98. The van der Waals surface area contributed by atoms with E-state index in [1.54, 1.807) is 0 Å². The molecular weight excluding hydrogens is 579 g/mol. The fourth-order valence-corrected chi connectivity index (χ4v) is 6.98. The number of hydrogen-bond donors (Lipinski definition) is 0. The Kier molecular flexibility index (Phi) is 10.3. The first-order valence-corrected chi connectivity index (χ1v) is 17.9. The van der Waals surface area contributed by atoms with Crippen molar-refractivity contribution in [2.75, 3.05) is 0 Å². The van der Waals surface area contributed by atoms with Crippen molar-refractivity contribution >= 4 is 21.5 Å². The van der Waals surface area contributed by atoms with Crippen LogP contribution in [0.25, 0.3) is 55.1 Å². The first-order chi connectivity index (χ1) is 23.8. The number of aromatic nitrogens is 1. The van der Waals surface area contributed by atoms with Crippen LogP contribution in [0.15, 0.2) is 152 Å². The summed E-state index contributed by atoms with van der Waals surface area (Å²) in [5.74, 6) is 0. The molecule has 0 saturated heterocycles. The Balaban J connectivity index is 0.922. The van der Waals surface area contributed by atoms with Gasteiger partial charge in [-0.05, 0) is 99.5 Å². The second-order valence-electron chi connectivity index (χ2n) is 13.3. The number of benzene rings is 6. The summed E-state index contributed by atoms with van der Waals surface area (Å²) in [6.07, 6.45) is 15.1. The van der Waals surface area contributed by atoms with Crippen LogP contribution in [-0.2, 0) is 12.8 Å². The van der Waals surface area contributed by atoms with Gasteiger partial charge in [0, 0.05) is 17.1 Å². The lowest BCUT2D eigenvalue weighted by molar-refractivity contribution is 0.567. The molecule has 0 radical (unpaired) electrons. The number of aryl methyl sites for hydroxylation is 2. The third kappa shape index (κ3) is 8.09. The Hall–Kier alpha value is -5.01. The van der Waals surface area contributed by atoms with Crippen LogP contribution in [0.2, 0.25) is 0 Å². The molecule has 0 amide bonds. The fraction of sp³-hybridized carbons (Fsp3) is 0.213. The summed E-state index contributed by atoms with van der Waals surface area (Å²) in [5.41, 5.74) is 10.0. The van der Waals surface area contributed by atoms with Gasteiger partial charge in [0.05, 0.1) is 5.69 Å². The highest BCUT2D eigenvalue weighted by molar-refractivity contribution is 5.92. The summed E-state index contributed by atoms with van der Waals surface area (Å²) in [6.45, 7) is 0. The van der Waals surface area contributed by atoms with E-state index >= 15 is 0 Å². The Bertz CT molecular complexity index is 2090. The monoisotopic (exact) mass is 623 g/mol. The van der Waals surface area contributed by atoms with Gasteiger partial charge in [0.2, 0.25) is 0 Å². The molecule has 1 heterocycles. The average molecular weight is 624 g/mol. The molecule has 1 aromatic heterocycles. The second-order valence-corrected chi connectivity index (χ2v) is 13.3. The predicted molar refractivity (Wildman–Crippen MR) is 206 cm³/mol. The van der Waals surface area contributed by atoms with Gasteiger partial charge in [-0.3, -0.25) is 4.98 Å². The maximum absolute atomic E-state index is 4.91. The van der Waals surface area contributed by atoms with Gasteiger partial charge in [-0.25, -0.2) is 0 Å². The molecule has 1 nitrogen and oxygen atoms in total. The van der Waals surface area contributed by atoms with Crippen molar-refractivity contribution in [2.24, 2.45) is 0 Å². The van der Waals surface area contributed by atoms with Gasteiger partial charge in [0.1, 0.15) is 0 Å². The minimum atomic E-state index is 1.01. The molecule has 0 aliphatic rings. The van der Waals surface area contributed by atoms with Crippen molar-refractivity contribution in [3.63, 3.8) is 0 Å². The second kappa shape index (κ2) is 15.7. The van der Waals surface area contributed by atoms with E-state index in [9.17, 15) is 0 Å². The average Bonchev–Trinajstić information content (AvgIpc) is 3.15. The zero-order valence-electron chi connectivity index (χ0n) is 28.0. The SMILES string of the molecule is c1ccc(CCCCCCCCCCc2cccc(-c3cccc(-c4cc5ccc(-c6ccc7ccccc7c6)cc5cn4)c3)c2)cc1. The van der Waals surface area contributed by atoms with Crippen LogP contribution in [0.5, 0.6) is 0 Å². The highest BCUT2D eigenvalue weighted by Crippen LogP contribution is 2.31. The number of rotatable bonds is 14. The Morgan fingerprint density at radius 2 is 0.833 bits per heavy atom. The van der Waals surface area contributed by atoms with Gasteiger partial charge in [-0.15, -0.1) is 0 Å². The first-order valence-electron chi connectivity index (χ1n) is 17.9. The summed E-state index contributed by atoms with van der Waals surface area (Å²) in [4.78, 5) is 4.91. The summed E-state index contributed by atoms with van der Waals surface area (Å²) < 4.78 is 0. The molecule has 0 aliphatic heterocycles. The summed E-state index contributed by atoms with van der Waals surface area (Å²) >= 11 is 0. The highest BCUT2D eigenvalue weighted by Gasteiger charge is 2.07. The van der Waals surface area contributed by atoms with Gasteiger partial charge >= 0.3 is 0 Å². The van der Waals surface area contributed by atoms with E-state index in [0.717, 1.165) is 23.1 Å². The van der Waals surface area contributed by atoms with Crippen molar-refractivity contribution in [1.29, 1.82) is 0 Å². The smallest absolute Gasteiger partial charge is 0.0708 e. The lowest BCUT2D eigenvalue weighted by Crippen LogP contribution is -1.89. The quantitative estimate of drug-likeness (QED) is 0.110. The molecule has 7 rings (SSSR count). The lowest BCUT2D eigenvalue weighted by Gasteiger charge is -2.10. The van der Waals surface area contributed by atoms with E-state index < -0.39 is 0 Å². The molecule has 0 atom stereocenters. The molecule has 238 valence electrons. The molecule has 1 heteroatoms. The summed E-state index contributed by atoms with van der Waals surface area (Å²) in [6, 6.07) is 53.0. The molecule has 6 aromatic carbocycles. The third-order valence-electron chi connectivity index (χ3n) is 9.75. The van der Waals surface area contributed by atoms with Crippen LogP contribution in [0.3, 0.4) is 0 Å². The van der Waals surface area contributed by atoms with E-state index in [1.165, 1.54) is 107 Å². The number of fused-ring (bicyclic) bond motifs is 2. The molecule has 0 aliphatic carbocycles. The molecule has 0 spiro atoms. The zero-order chi connectivity index (χ0) is 32.4. The standard InChI is InChI=1S/C47H45N/c1(3-5-8-16-36-17-10-7-11-18-36)2-4-6-9-19-37-20-14-23-39(30-37)41-24-15-25-45(32-41)47-34-44-29-28-43(33-46(44)35-48-47)42-27-26-38-21-12-13-22-40(38)31-42/h7,10-15,17-18,20-35H,1-6,8-9,16,19H2. The van der Waals surface area contributed by atoms with Gasteiger partial charge < -0.3 is 0 Å². The van der Waals surface area contributed by atoms with E-state index in [4.69, 9.17) is 4.98 Å². The van der Waals surface area contributed by atoms with E-state index in [1.807, 2.05) is 6.20 Å². The van der Waals surface area contributed by atoms with Crippen LogP contribution in [-0.4, -0.2) is 4.98 Å². The summed E-state index contributed by atoms with van der Waals surface area (Å²) in [5, 5.41) is 4.90. The molecule has 48 heavy (non-hydrogen) atoms. The maximum Gasteiger partial charge on any atom is 0.0708 e. The van der Waals surface area contributed by atoms with E-state index in [-0.39, 0.29) is 0 Å². The van der Waals surface area contributed by atoms with Crippen LogP contribution in [0.1, 0.15) is 62.5 Å². The minimum absolute atomic E-state index is 1.01. The van der Waals surface area contributed by atoms with Crippen molar-refractivity contribution in [3.8, 4) is 33.5 Å². The lowest BCUT2D eigenvalue weighted by atomic mass is 9.97. The van der Waals surface area contributed by atoms with Crippen molar-refractivity contribution in [2.45, 2.75) is 64.2 Å². The van der Waals surface area contributed by atoms with Gasteiger partial charge in [0.15, 0.2) is 0 Å². The van der Waals surface area contributed by atoms with Crippen molar-refractivity contribution < 1.29 is 0 Å². The topological polar surface area (TPSA) is 12.9 Å². The highest BCUT2D eigenvalue weighted by atomic mass is 14.7. The largest absolute Gasteiger partial charge is 0.256 e. The van der Waals surface area contributed by atoms with Crippen LogP contribution >= 0.6 is 0 Å². The Labute approximate surface area is 286 Å². The Morgan fingerprint density at radius 1 is 0.312 bits per heavy atom. The summed E-state index contributed by atoms with van der Waals surface area (Å²) in [7, 11) is 0. The van der Waals surface area contributed by atoms with Gasteiger partial charge in [-0.2, -0.15) is 0 Å². The van der Waals surface area contributed by atoms with Crippen molar-refractivity contribution in [1.82, 2.24) is 4.98 Å². The Morgan fingerprint density at radius 3 is 1.60 bits per heavy atom. The number of unbranched alkanes of at least 4 members (excludes halogenated alkanes) is 7. The molecular formula is C47H45N. The number of hydrogen-bond acceptors (Lipinski definition) is 1. The van der Waals surface area contributed by atoms with Crippen LogP contribution in [0.4, 0.5) is 0 Å². The van der Waals surface area contributed by atoms with Crippen LogP contribution < -0.4 is 0 Å². The molecule has 0 bridgehead atoms. The minimum Gasteiger partial charge on any atom is -0.256 e. The molecule has 0 saturated carbocycles. The van der Waals surface area contributed by atoms with Gasteiger partial charge in [-0.1, -0.05) is 160 Å². The predicted octanol–water partition coefficient (Wildman–Crippen LogP) is 13.3. The number of nitrogens with zero attached hydrogens (tertiary/aromatic N) is 1. The third-order valence-corrected chi connectivity index (χ3v) is 9.75. The normalized spacial score (nSPS) is 11.3. The van der Waals surface area contributed by atoms with Crippen molar-refractivity contribution in [3.05, 3.63) is 163 Å². The van der Waals surface area contributed by atoms with E-state index in [0.29, 0.717) is 0 Å². The first kappa shape index (κ1) is 31.6. The van der Waals surface area contributed by atoms with Gasteiger partial charge in [0.25, 0.3) is 0 Å². The maximum atomic E-state index is 4.91.